The van der Waals surface area contributed by atoms with Crippen molar-refractivity contribution in [2.45, 2.75) is 27.2 Å². The number of hydrogen-bond acceptors (Lipinski definition) is 1. The Morgan fingerprint density at radius 3 is 2.62 bits per heavy atom. The minimum atomic E-state index is 0.775. The third kappa shape index (κ3) is 3.58. The van der Waals surface area contributed by atoms with Crippen molar-refractivity contribution in [2.24, 2.45) is 0 Å². The highest BCUT2D eigenvalue weighted by Gasteiger charge is 1.98. The Morgan fingerprint density at radius 2 is 2.00 bits per heavy atom. The van der Waals surface area contributed by atoms with Gasteiger partial charge in [-0.3, -0.25) is 0 Å². The molecule has 0 aliphatic rings. The van der Waals surface area contributed by atoms with Gasteiger partial charge in [0.15, 0.2) is 0 Å². The Hall–Kier alpha value is -1.50. The molecule has 1 aromatic carbocycles. The minimum absolute atomic E-state index is 0.775. The van der Waals surface area contributed by atoms with E-state index in [1.807, 2.05) is 13.2 Å². The van der Waals surface area contributed by atoms with Gasteiger partial charge in [0.1, 0.15) is 0 Å². The fourth-order valence-electron chi connectivity index (χ4n) is 1.40. The third-order valence-electron chi connectivity index (χ3n) is 2.39. The second kappa shape index (κ2) is 6.16. The fraction of sp³-hybridized carbons (Fsp3) is 0.333. The first-order chi connectivity index (χ1) is 7.65. The van der Waals surface area contributed by atoms with Crippen molar-refractivity contribution in [3.8, 4) is 0 Å². The summed E-state index contributed by atoms with van der Waals surface area (Å²) in [6, 6.07) is 8.36. The van der Waals surface area contributed by atoms with Gasteiger partial charge in [-0.15, -0.1) is 0 Å². The SMILES string of the molecule is C=C(C)c1cccc(/C(C)=C/OCCC)c1. The summed E-state index contributed by atoms with van der Waals surface area (Å²) in [6.45, 7) is 10.9. The predicted molar refractivity (Wildman–Crippen MR) is 71.0 cm³/mol. The Labute approximate surface area is 98.5 Å². The van der Waals surface area contributed by atoms with Crippen LogP contribution in [-0.2, 0) is 4.74 Å². The molecule has 0 aliphatic carbocycles. The van der Waals surface area contributed by atoms with Crippen molar-refractivity contribution in [1.29, 1.82) is 0 Å². The summed E-state index contributed by atoms with van der Waals surface area (Å²) in [6.07, 6.45) is 2.87. The Balaban J connectivity index is 2.83. The van der Waals surface area contributed by atoms with E-state index < -0.39 is 0 Å². The molecule has 1 heteroatoms. The molecule has 0 bridgehead atoms. The van der Waals surface area contributed by atoms with Gasteiger partial charge >= 0.3 is 0 Å². The molecule has 0 aliphatic heterocycles. The lowest BCUT2D eigenvalue weighted by molar-refractivity contribution is 0.251. The van der Waals surface area contributed by atoms with Crippen LogP contribution in [-0.4, -0.2) is 6.61 Å². The van der Waals surface area contributed by atoms with E-state index in [0.29, 0.717) is 0 Å². The largest absolute Gasteiger partial charge is 0.501 e. The zero-order valence-electron chi connectivity index (χ0n) is 10.4. The second-order valence-corrected chi connectivity index (χ2v) is 4.03. The molecule has 0 radical (unpaired) electrons. The van der Waals surface area contributed by atoms with Crippen LogP contribution >= 0.6 is 0 Å². The van der Waals surface area contributed by atoms with Crippen molar-refractivity contribution in [1.82, 2.24) is 0 Å². The van der Waals surface area contributed by atoms with Crippen LogP contribution in [0.15, 0.2) is 37.1 Å². The topological polar surface area (TPSA) is 9.23 Å². The molecule has 0 spiro atoms. The highest BCUT2D eigenvalue weighted by atomic mass is 16.5. The van der Waals surface area contributed by atoms with Gasteiger partial charge in [-0.05, 0) is 43.0 Å². The molecular formula is C15H20O. The van der Waals surface area contributed by atoms with Crippen LogP contribution in [0.4, 0.5) is 0 Å². The molecule has 0 N–H and O–H groups in total. The summed E-state index contributed by atoms with van der Waals surface area (Å²) >= 11 is 0. The van der Waals surface area contributed by atoms with Crippen molar-refractivity contribution >= 4 is 11.1 Å². The lowest BCUT2D eigenvalue weighted by Crippen LogP contribution is -1.87. The van der Waals surface area contributed by atoms with Crippen LogP contribution in [0.25, 0.3) is 11.1 Å². The maximum atomic E-state index is 5.41. The van der Waals surface area contributed by atoms with Crippen LogP contribution in [0, 0.1) is 0 Å². The second-order valence-electron chi connectivity index (χ2n) is 4.03. The van der Waals surface area contributed by atoms with E-state index in [-0.39, 0.29) is 0 Å². The molecular weight excluding hydrogens is 196 g/mol. The number of rotatable bonds is 5. The summed E-state index contributed by atoms with van der Waals surface area (Å²) in [5.74, 6) is 0. The molecule has 0 aromatic heterocycles. The first-order valence-electron chi connectivity index (χ1n) is 5.70. The van der Waals surface area contributed by atoms with Gasteiger partial charge in [0, 0.05) is 0 Å². The molecule has 0 saturated carbocycles. The minimum Gasteiger partial charge on any atom is -0.501 e. The molecule has 16 heavy (non-hydrogen) atoms. The maximum Gasteiger partial charge on any atom is 0.0870 e. The summed E-state index contributed by atoms with van der Waals surface area (Å²) in [5, 5.41) is 0. The maximum absolute atomic E-state index is 5.41. The van der Waals surface area contributed by atoms with Crippen LogP contribution in [0.5, 0.6) is 0 Å². The Kier molecular flexibility index (Phi) is 4.84. The number of ether oxygens (including phenoxy) is 1. The number of benzene rings is 1. The van der Waals surface area contributed by atoms with Crippen LogP contribution in [0.3, 0.4) is 0 Å². The monoisotopic (exact) mass is 216 g/mol. The summed E-state index contributed by atoms with van der Waals surface area (Å²) < 4.78 is 5.41. The van der Waals surface area contributed by atoms with E-state index >= 15 is 0 Å². The van der Waals surface area contributed by atoms with Gasteiger partial charge in [-0.25, -0.2) is 0 Å². The molecule has 1 nitrogen and oxygen atoms in total. The molecule has 0 atom stereocenters. The molecule has 0 unspecified atom stereocenters. The van der Waals surface area contributed by atoms with Crippen molar-refractivity contribution in [2.75, 3.05) is 6.61 Å². The molecule has 0 fully saturated rings. The highest BCUT2D eigenvalue weighted by molar-refractivity contribution is 5.69. The number of hydrogen-bond donors (Lipinski definition) is 0. The molecule has 0 amide bonds. The van der Waals surface area contributed by atoms with Crippen LogP contribution in [0.1, 0.15) is 38.3 Å². The van der Waals surface area contributed by atoms with Crippen LogP contribution < -0.4 is 0 Å². The van der Waals surface area contributed by atoms with Crippen LogP contribution in [0.2, 0.25) is 0 Å². The van der Waals surface area contributed by atoms with Crippen molar-refractivity contribution in [3.05, 3.63) is 48.2 Å². The van der Waals surface area contributed by atoms with E-state index in [4.69, 9.17) is 4.74 Å². The molecule has 1 aromatic rings. The smallest absolute Gasteiger partial charge is 0.0870 e. The molecule has 86 valence electrons. The molecule has 0 heterocycles. The van der Waals surface area contributed by atoms with E-state index in [0.717, 1.165) is 24.2 Å². The zero-order valence-corrected chi connectivity index (χ0v) is 10.4. The summed E-state index contributed by atoms with van der Waals surface area (Å²) in [7, 11) is 0. The van der Waals surface area contributed by atoms with Gasteiger partial charge < -0.3 is 4.74 Å². The van der Waals surface area contributed by atoms with Crippen molar-refractivity contribution in [3.63, 3.8) is 0 Å². The normalized spacial score (nSPS) is 11.3. The third-order valence-corrected chi connectivity index (χ3v) is 2.39. The Morgan fingerprint density at radius 1 is 1.31 bits per heavy atom. The average molecular weight is 216 g/mol. The lowest BCUT2D eigenvalue weighted by atomic mass is 10.0. The average Bonchev–Trinajstić information content (AvgIpc) is 2.29. The highest BCUT2D eigenvalue weighted by Crippen LogP contribution is 2.19. The standard InChI is InChI=1S/C15H20O/c1-5-9-16-11-13(4)15-8-6-7-14(10-15)12(2)3/h6-8,10-11H,2,5,9H2,1,3-4H3/b13-11+. The zero-order chi connectivity index (χ0) is 12.0. The van der Waals surface area contributed by atoms with E-state index in [1.54, 1.807) is 0 Å². The van der Waals surface area contributed by atoms with Gasteiger partial charge in [-0.1, -0.05) is 37.3 Å². The Bertz CT molecular complexity index is 388. The van der Waals surface area contributed by atoms with Gasteiger partial charge in [0.05, 0.1) is 12.9 Å². The predicted octanol–water partition coefficient (Wildman–Crippen LogP) is 4.51. The summed E-state index contributed by atoms with van der Waals surface area (Å²) in [4.78, 5) is 0. The van der Waals surface area contributed by atoms with E-state index in [1.165, 1.54) is 11.1 Å². The van der Waals surface area contributed by atoms with Gasteiger partial charge in [-0.2, -0.15) is 0 Å². The fourth-order valence-corrected chi connectivity index (χ4v) is 1.40. The quantitative estimate of drug-likeness (QED) is 0.520. The lowest BCUT2D eigenvalue weighted by Gasteiger charge is -2.06. The van der Waals surface area contributed by atoms with E-state index in [9.17, 15) is 0 Å². The summed E-state index contributed by atoms with van der Waals surface area (Å²) in [5.41, 5.74) is 4.61. The van der Waals surface area contributed by atoms with Crippen molar-refractivity contribution < 1.29 is 4.74 Å². The van der Waals surface area contributed by atoms with E-state index in [2.05, 4.69) is 44.7 Å². The molecule has 1 rings (SSSR count). The number of allylic oxidation sites excluding steroid dienone is 2. The van der Waals surface area contributed by atoms with Gasteiger partial charge in [0.2, 0.25) is 0 Å². The first-order valence-corrected chi connectivity index (χ1v) is 5.70. The van der Waals surface area contributed by atoms with Gasteiger partial charge in [0.25, 0.3) is 0 Å². The molecule has 0 saturated heterocycles. The first kappa shape index (κ1) is 12.6.